The maximum Gasteiger partial charge on any atom is 0.501 e. The van der Waals surface area contributed by atoms with Crippen molar-refractivity contribution >= 4 is 34.6 Å². The van der Waals surface area contributed by atoms with Gasteiger partial charge in [0.2, 0.25) is 0 Å². The van der Waals surface area contributed by atoms with Gasteiger partial charge in [-0.2, -0.15) is 0 Å². The van der Waals surface area contributed by atoms with Crippen molar-refractivity contribution in [3.63, 3.8) is 0 Å². The van der Waals surface area contributed by atoms with Crippen LogP contribution in [0.5, 0.6) is 0 Å². The van der Waals surface area contributed by atoms with E-state index in [0.29, 0.717) is 35.7 Å². The monoisotopic (exact) mass is 708 g/mol. The first-order chi connectivity index (χ1) is 22.8. The topological polar surface area (TPSA) is 96.0 Å². The maximum atomic E-state index is 12.6. The van der Waals surface area contributed by atoms with E-state index in [1.807, 2.05) is 107 Å². The Labute approximate surface area is 288 Å². The lowest BCUT2D eigenvalue weighted by atomic mass is 10.1. The third-order valence-corrected chi connectivity index (χ3v) is 14.0. The Morgan fingerprint density at radius 3 is 1.27 bits per heavy atom. The van der Waals surface area contributed by atoms with Crippen molar-refractivity contribution in [3.8, 4) is 0 Å². The molecule has 0 saturated heterocycles. The highest BCUT2D eigenvalue weighted by Gasteiger charge is 2.39. The lowest BCUT2D eigenvalue weighted by Crippen LogP contribution is -2.46. The van der Waals surface area contributed by atoms with Crippen molar-refractivity contribution in [2.75, 3.05) is 19.8 Å². The van der Waals surface area contributed by atoms with E-state index in [9.17, 15) is 16.8 Å². The molecule has 0 N–H and O–H groups in total. The van der Waals surface area contributed by atoms with Gasteiger partial charge in [-0.1, -0.05) is 96.6 Å². The van der Waals surface area contributed by atoms with Crippen LogP contribution in [-0.4, -0.2) is 45.5 Å². The first-order valence-electron chi connectivity index (χ1n) is 16.1. The van der Waals surface area contributed by atoms with Crippen LogP contribution in [0.2, 0.25) is 6.04 Å². The number of hydrogen-bond acceptors (Lipinski definition) is 7. The summed E-state index contributed by atoms with van der Waals surface area (Å²) < 4.78 is 67.4. The van der Waals surface area contributed by atoms with Crippen molar-refractivity contribution in [3.05, 3.63) is 137 Å². The van der Waals surface area contributed by atoms with Crippen LogP contribution in [0.25, 0.3) is 6.08 Å². The predicted octanol–water partition coefficient (Wildman–Crippen LogP) is 8.17. The summed E-state index contributed by atoms with van der Waals surface area (Å²) >= 11 is 0. The van der Waals surface area contributed by atoms with Crippen LogP contribution in [-0.2, 0) is 50.9 Å². The van der Waals surface area contributed by atoms with E-state index in [1.54, 1.807) is 30.3 Å². The van der Waals surface area contributed by atoms with Crippen molar-refractivity contribution in [1.82, 2.24) is 0 Å². The van der Waals surface area contributed by atoms with E-state index < -0.39 is 28.5 Å². The molecule has 0 spiro atoms. The molecular weight excluding hydrogens is 661 g/mol. The number of aryl methyl sites for hydroxylation is 3. The largest absolute Gasteiger partial charge is 0.501 e. The van der Waals surface area contributed by atoms with E-state index in [2.05, 4.69) is 6.58 Å². The molecule has 0 saturated carbocycles. The van der Waals surface area contributed by atoms with Gasteiger partial charge >= 0.3 is 8.80 Å². The minimum atomic E-state index is -3.35. The van der Waals surface area contributed by atoms with Crippen molar-refractivity contribution in [2.24, 2.45) is 0 Å². The summed E-state index contributed by atoms with van der Waals surface area (Å²) in [5, 5.41) is 0. The Balaban J connectivity index is 0.000000284. The van der Waals surface area contributed by atoms with E-state index >= 15 is 0 Å². The number of sulfone groups is 2. The molecule has 0 fully saturated rings. The van der Waals surface area contributed by atoms with Gasteiger partial charge < -0.3 is 13.3 Å². The molecule has 0 atom stereocenters. The van der Waals surface area contributed by atoms with Gasteiger partial charge in [0.15, 0.2) is 19.7 Å². The zero-order valence-electron chi connectivity index (χ0n) is 28.6. The standard InChI is InChI=1S/C22H32O5SSi.C16H16O2S/c1-5-25-29(26-6-2,27-7-3)17-16-20-10-12-21(13-11-20)18-28(23,24)22-14-8-19(4)9-15-22;1-3-14-6-8-15(9-7-14)12-19(17,18)16-10-4-13(2)5-11-16/h8-15H,5-7,16-18H2,1-4H3;3-11H,1,12H2,2H3. The van der Waals surface area contributed by atoms with E-state index in [0.717, 1.165) is 39.8 Å². The molecular formula is C38H48O7S2Si. The summed E-state index contributed by atoms with van der Waals surface area (Å²) in [5.74, 6) is 0.0132. The Hall–Kier alpha value is -3.38. The summed E-state index contributed by atoms with van der Waals surface area (Å²) in [6.07, 6.45) is 2.50. The van der Waals surface area contributed by atoms with Gasteiger partial charge in [-0.3, -0.25) is 0 Å². The van der Waals surface area contributed by atoms with Crippen molar-refractivity contribution in [1.29, 1.82) is 0 Å². The average molecular weight is 709 g/mol. The fraction of sp³-hybridized carbons (Fsp3) is 0.316. The lowest BCUT2D eigenvalue weighted by Gasteiger charge is -2.28. The smallest absolute Gasteiger partial charge is 0.374 e. The number of hydrogen-bond donors (Lipinski definition) is 0. The quantitative estimate of drug-likeness (QED) is 0.108. The van der Waals surface area contributed by atoms with Crippen LogP contribution >= 0.6 is 0 Å². The number of benzene rings is 4. The normalized spacial score (nSPS) is 11.9. The molecule has 4 aromatic rings. The van der Waals surface area contributed by atoms with Gasteiger partial charge in [-0.25, -0.2) is 16.8 Å². The molecule has 0 aromatic heterocycles. The maximum absolute atomic E-state index is 12.6. The summed E-state index contributed by atoms with van der Waals surface area (Å²) in [7, 11) is -9.30. The van der Waals surface area contributed by atoms with Gasteiger partial charge in [-0.15, -0.1) is 0 Å². The van der Waals surface area contributed by atoms with E-state index in [-0.39, 0.29) is 11.5 Å². The van der Waals surface area contributed by atoms with Gasteiger partial charge in [0.25, 0.3) is 0 Å². The van der Waals surface area contributed by atoms with Gasteiger partial charge in [0.05, 0.1) is 21.3 Å². The lowest BCUT2D eigenvalue weighted by molar-refractivity contribution is 0.0714. The molecule has 10 heteroatoms. The van der Waals surface area contributed by atoms with Crippen LogP contribution in [0.4, 0.5) is 0 Å². The molecule has 258 valence electrons. The summed E-state index contributed by atoms with van der Waals surface area (Å²) in [6.45, 7) is 15.1. The van der Waals surface area contributed by atoms with Crippen molar-refractivity contribution < 1.29 is 30.1 Å². The van der Waals surface area contributed by atoms with Crippen LogP contribution in [0, 0.1) is 13.8 Å². The van der Waals surface area contributed by atoms with Crippen LogP contribution in [0.1, 0.15) is 54.2 Å². The summed E-state index contributed by atoms with van der Waals surface area (Å²) in [4.78, 5) is 0.721. The fourth-order valence-electron chi connectivity index (χ4n) is 4.95. The molecule has 0 amide bonds. The first kappa shape index (κ1) is 39.1. The summed E-state index contributed by atoms with van der Waals surface area (Å²) in [6, 6.07) is 29.7. The minimum absolute atomic E-state index is 0.00807. The highest BCUT2D eigenvalue weighted by molar-refractivity contribution is 7.91. The second-order valence-electron chi connectivity index (χ2n) is 11.4. The molecule has 0 radical (unpaired) electrons. The molecule has 0 aliphatic heterocycles. The second-order valence-corrected chi connectivity index (χ2v) is 18.1. The molecule has 0 aliphatic rings. The number of rotatable bonds is 16. The van der Waals surface area contributed by atoms with Gasteiger partial charge in [-0.05, 0) is 87.6 Å². The van der Waals surface area contributed by atoms with Gasteiger partial charge in [0.1, 0.15) is 0 Å². The minimum Gasteiger partial charge on any atom is -0.374 e. The van der Waals surface area contributed by atoms with Crippen LogP contribution in [0.15, 0.2) is 113 Å². The third-order valence-electron chi connectivity index (χ3n) is 7.52. The first-order valence-corrected chi connectivity index (χ1v) is 21.4. The Kier molecular flexibility index (Phi) is 15.0. The van der Waals surface area contributed by atoms with Crippen molar-refractivity contribution in [2.45, 2.75) is 68.4 Å². The SMILES string of the molecule is C=Cc1ccc(CS(=O)(=O)c2ccc(C)cc2)cc1.CCO[Si](CCc1ccc(CS(=O)(=O)c2ccc(C)cc2)cc1)(OCC)OCC. The molecule has 4 rings (SSSR count). The molecule has 0 unspecified atom stereocenters. The zero-order valence-corrected chi connectivity index (χ0v) is 31.3. The van der Waals surface area contributed by atoms with E-state index in [4.69, 9.17) is 13.3 Å². The van der Waals surface area contributed by atoms with Crippen LogP contribution in [0.3, 0.4) is 0 Å². The highest BCUT2D eigenvalue weighted by atomic mass is 32.2. The molecule has 48 heavy (non-hydrogen) atoms. The fourth-order valence-corrected chi connectivity index (χ4v) is 10.2. The zero-order chi connectivity index (χ0) is 35.2. The molecule has 0 heterocycles. The summed E-state index contributed by atoms with van der Waals surface area (Å²) in [5.41, 5.74) is 5.74. The molecule has 0 bridgehead atoms. The second kappa shape index (κ2) is 18.4. The Bertz CT molecular complexity index is 1770. The Morgan fingerprint density at radius 2 is 0.917 bits per heavy atom. The third kappa shape index (κ3) is 11.9. The van der Waals surface area contributed by atoms with Crippen LogP contribution < -0.4 is 0 Å². The molecule has 0 aliphatic carbocycles. The molecule has 4 aromatic carbocycles. The average Bonchev–Trinajstić information content (AvgIpc) is 3.06. The Morgan fingerprint density at radius 1 is 0.562 bits per heavy atom. The highest BCUT2D eigenvalue weighted by Crippen LogP contribution is 2.22. The van der Waals surface area contributed by atoms with E-state index in [1.165, 1.54) is 0 Å². The predicted molar refractivity (Wildman–Crippen MR) is 196 cm³/mol. The molecule has 7 nitrogen and oxygen atoms in total. The van der Waals surface area contributed by atoms with Gasteiger partial charge in [0, 0.05) is 25.9 Å².